The number of anilines is 1. The first-order valence-corrected chi connectivity index (χ1v) is 10.2. The van der Waals surface area contributed by atoms with Crippen molar-refractivity contribution in [3.05, 3.63) is 30.0 Å². The highest BCUT2D eigenvalue weighted by molar-refractivity contribution is 7.91. The molecule has 2 aromatic heterocycles. The van der Waals surface area contributed by atoms with E-state index in [2.05, 4.69) is 20.0 Å². The number of rotatable bonds is 7. The van der Waals surface area contributed by atoms with Gasteiger partial charge >= 0.3 is 18.3 Å². The van der Waals surface area contributed by atoms with Gasteiger partial charge in [0, 0.05) is 7.05 Å². The van der Waals surface area contributed by atoms with Gasteiger partial charge in [-0.25, -0.2) is 13.4 Å². The van der Waals surface area contributed by atoms with Crippen molar-refractivity contribution in [3.63, 3.8) is 0 Å². The van der Waals surface area contributed by atoms with Gasteiger partial charge in [0.2, 0.25) is 0 Å². The number of nitrogens with one attached hydrogen (secondary N) is 1. The second-order valence-corrected chi connectivity index (χ2v) is 8.50. The molecule has 0 unspecified atom stereocenters. The van der Waals surface area contributed by atoms with Gasteiger partial charge in [-0.15, -0.1) is 0 Å². The van der Waals surface area contributed by atoms with Crippen molar-refractivity contribution in [1.29, 1.82) is 0 Å². The Balaban J connectivity index is 2.51. The minimum Gasteiger partial charge on any atom is -0.485 e. The molecule has 0 saturated carbocycles. The summed E-state index contributed by atoms with van der Waals surface area (Å²) in [6.45, 7) is -0.834. The second-order valence-electron chi connectivity index (χ2n) is 6.25. The maximum absolute atomic E-state index is 13.3. The van der Waals surface area contributed by atoms with Crippen molar-refractivity contribution < 1.29 is 48.3 Å². The molecule has 0 aromatic carbocycles. The van der Waals surface area contributed by atoms with E-state index >= 15 is 0 Å². The first kappa shape index (κ1) is 25.5. The molecule has 0 saturated heterocycles. The van der Waals surface area contributed by atoms with Crippen LogP contribution in [0, 0.1) is 0 Å². The number of sulfone groups is 1. The van der Waals surface area contributed by atoms with Crippen molar-refractivity contribution in [2.75, 3.05) is 24.7 Å². The lowest BCUT2D eigenvalue weighted by atomic mass is 10.2. The van der Waals surface area contributed by atoms with Crippen LogP contribution in [-0.4, -0.2) is 49.9 Å². The summed E-state index contributed by atoms with van der Waals surface area (Å²) >= 11 is 0. The summed E-state index contributed by atoms with van der Waals surface area (Å²) in [6.07, 6.45) is -10.1. The zero-order valence-corrected chi connectivity index (χ0v) is 17.1. The highest BCUT2D eigenvalue weighted by atomic mass is 32.2. The fourth-order valence-corrected chi connectivity index (χ4v) is 3.39. The first-order chi connectivity index (χ1) is 14.5. The van der Waals surface area contributed by atoms with Crippen LogP contribution >= 0.6 is 0 Å². The summed E-state index contributed by atoms with van der Waals surface area (Å²) in [5.74, 6) is -6.91. The van der Waals surface area contributed by atoms with E-state index in [0.717, 1.165) is 19.2 Å². The van der Waals surface area contributed by atoms with E-state index < -0.39 is 68.2 Å². The van der Waals surface area contributed by atoms with Gasteiger partial charge in [0.25, 0.3) is 0 Å². The van der Waals surface area contributed by atoms with Crippen LogP contribution in [0.15, 0.2) is 29.3 Å². The predicted molar refractivity (Wildman–Crippen MR) is 96.2 cm³/mol. The van der Waals surface area contributed by atoms with Crippen molar-refractivity contribution in [2.24, 2.45) is 0 Å². The number of alkyl halides is 8. The normalized spacial score (nSPS) is 13.2. The smallest absolute Gasteiger partial charge is 0.456 e. The Morgan fingerprint density at radius 1 is 1.06 bits per heavy atom. The molecule has 6 nitrogen and oxygen atoms in total. The highest BCUT2D eigenvalue weighted by Gasteiger charge is 2.58. The van der Waals surface area contributed by atoms with Crippen LogP contribution in [0.2, 0.25) is 0 Å². The fraction of sp³-hybridized carbons (Fsp3) is 0.412. The number of pyridine rings is 2. The van der Waals surface area contributed by atoms with Gasteiger partial charge in [-0.3, -0.25) is 4.98 Å². The topological polar surface area (TPSA) is 81.2 Å². The predicted octanol–water partition coefficient (Wildman–Crippen LogP) is 4.57. The maximum Gasteiger partial charge on any atom is 0.456 e. The molecule has 0 radical (unpaired) electrons. The van der Waals surface area contributed by atoms with Gasteiger partial charge in [0.1, 0.15) is 17.3 Å². The lowest BCUT2D eigenvalue weighted by Gasteiger charge is -2.19. The molecule has 2 aromatic rings. The van der Waals surface area contributed by atoms with E-state index in [0.29, 0.717) is 12.3 Å². The lowest BCUT2D eigenvalue weighted by molar-refractivity contribution is -0.290. The summed E-state index contributed by atoms with van der Waals surface area (Å²) in [5, 5.41) is 2.20. The number of hydrogen-bond acceptors (Lipinski definition) is 6. The number of aromatic nitrogens is 2. The van der Waals surface area contributed by atoms with Crippen molar-refractivity contribution in [3.8, 4) is 17.1 Å². The molecule has 0 amide bonds. The van der Waals surface area contributed by atoms with E-state index in [4.69, 9.17) is 0 Å². The molecule has 2 heterocycles. The van der Waals surface area contributed by atoms with Crippen LogP contribution in [0.25, 0.3) is 11.4 Å². The van der Waals surface area contributed by atoms with E-state index in [1.54, 1.807) is 0 Å². The molecular weight excluding hydrogens is 478 g/mol. The Bertz CT molecular complexity index is 1070. The molecule has 0 fully saturated rings. The molecular formula is C17H15F8N3O3S. The fourth-order valence-electron chi connectivity index (χ4n) is 2.34. The Morgan fingerprint density at radius 2 is 1.69 bits per heavy atom. The van der Waals surface area contributed by atoms with Crippen LogP contribution < -0.4 is 10.1 Å². The molecule has 1 N–H and O–H groups in total. The third kappa shape index (κ3) is 5.37. The third-order valence-corrected chi connectivity index (χ3v) is 5.80. The molecule has 2 rings (SSSR count). The number of hydrogen-bond donors (Lipinski definition) is 1. The molecule has 32 heavy (non-hydrogen) atoms. The summed E-state index contributed by atoms with van der Waals surface area (Å²) in [4.78, 5) is 6.63. The minimum atomic E-state index is -5.84. The Morgan fingerprint density at radius 3 is 2.12 bits per heavy atom. The zero-order chi connectivity index (χ0) is 24.5. The monoisotopic (exact) mass is 493 g/mol. The molecule has 0 aliphatic heterocycles. The average Bonchev–Trinajstić information content (AvgIpc) is 2.70. The van der Waals surface area contributed by atoms with Gasteiger partial charge < -0.3 is 10.1 Å². The molecule has 15 heteroatoms. The van der Waals surface area contributed by atoms with Crippen molar-refractivity contribution >= 4 is 15.7 Å². The third-order valence-electron chi connectivity index (χ3n) is 4.06. The SMILES string of the molecule is CCS(=O)(=O)c1cc(C(F)(F)F)c(NC)nc1-c1ccc(OCC(F)(F)C(F)(F)F)cn1. The number of nitrogens with zero attached hydrogens (tertiary/aromatic N) is 2. The van der Waals surface area contributed by atoms with Crippen LogP contribution in [-0.2, 0) is 16.0 Å². The van der Waals surface area contributed by atoms with Crippen LogP contribution in [0.1, 0.15) is 12.5 Å². The molecule has 0 aliphatic rings. The van der Waals surface area contributed by atoms with Gasteiger partial charge in [-0.1, -0.05) is 6.92 Å². The summed E-state index contributed by atoms with van der Waals surface area (Å²) in [7, 11) is -3.10. The molecule has 0 bridgehead atoms. The molecule has 178 valence electrons. The molecule has 0 aliphatic carbocycles. The van der Waals surface area contributed by atoms with E-state index in [-0.39, 0.29) is 5.69 Å². The van der Waals surface area contributed by atoms with Gasteiger partial charge in [-0.05, 0) is 18.2 Å². The van der Waals surface area contributed by atoms with Gasteiger partial charge in [0.15, 0.2) is 16.4 Å². The Labute approximate surface area is 176 Å². The largest absolute Gasteiger partial charge is 0.485 e. The summed E-state index contributed by atoms with van der Waals surface area (Å²) in [5.41, 5.74) is -2.10. The van der Waals surface area contributed by atoms with Crippen LogP contribution in [0.3, 0.4) is 0 Å². The molecule has 0 spiro atoms. The maximum atomic E-state index is 13.3. The van der Waals surface area contributed by atoms with E-state index in [1.807, 2.05) is 0 Å². The number of halogens is 8. The van der Waals surface area contributed by atoms with Crippen LogP contribution in [0.5, 0.6) is 5.75 Å². The van der Waals surface area contributed by atoms with E-state index in [1.165, 1.54) is 6.92 Å². The quantitative estimate of drug-likeness (QED) is 0.569. The Hall–Kier alpha value is -2.71. The highest BCUT2D eigenvalue weighted by Crippen LogP contribution is 2.39. The first-order valence-electron chi connectivity index (χ1n) is 8.60. The van der Waals surface area contributed by atoms with Gasteiger partial charge in [0.05, 0.1) is 28.1 Å². The molecule has 0 atom stereocenters. The van der Waals surface area contributed by atoms with Crippen molar-refractivity contribution in [2.45, 2.75) is 30.1 Å². The number of ether oxygens (including phenoxy) is 1. The van der Waals surface area contributed by atoms with E-state index in [9.17, 15) is 43.5 Å². The Kier molecular flexibility index (Phi) is 6.92. The summed E-state index contributed by atoms with van der Waals surface area (Å²) in [6, 6.07) is 2.25. The zero-order valence-electron chi connectivity index (χ0n) is 16.3. The standard InChI is InChI=1S/C17H15F8N3O3S/c1-3-32(29,30)12-6-10(16(20,21)22)14(26-2)28-13(12)11-5-4-9(7-27-11)31-8-15(18,19)17(23,24)25/h4-7H,3,8H2,1-2H3,(H,26,28). The van der Waals surface area contributed by atoms with Crippen LogP contribution in [0.4, 0.5) is 40.9 Å². The summed E-state index contributed by atoms with van der Waals surface area (Å²) < 4.78 is 132. The van der Waals surface area contributed by atoms with Crippen molar-refractivity contribution in [1.82, 2.24) is 9.97 Å². The van der Waals surface area contributed by atoms with Gasteiger partial charge in [-0.2, -0.15) is 35.1 Å². The second kappa shape index (κ2) is 8.67. The minimum absolute atomic E-state index is 0.280. The average molecular weight is 493 g/mol. The lowest BCUT2D eigenvalue weighted by Crippen LogP contribution is -2.41.